The van der Waals surface area contributed by atoms with Gasteiger partial charge in [0.25, 0.3) is 11.8 Å². The molecule has 1 heterocycles. The Hall–Kier alpha value is -3.79. The smallest absolute Gasteiger partial charge is 0.418 e. The summed E-state index contributed by atoms with van der Waals surface area (Å²) in [6, 6.07) is 10.3. The van der Waals surface area contributed by atoms with E-state index in [0.29, 0.717) is 6.07 Å². The molecule has 0 fully saturated rings. The van der Waals surface area contributed by atoms with Crippen molar-refractivity contribution in [1.82, 2.24) is 0 Å². The first kappa shape index (κ1) is 22.4. The number of rotatable bonds is 4. The minimum Gasteiger partial charge on any atom is -0.454 e. The van der Waals surface area contributed by atoms with E-state index in [-0.39, 0.29) is 40.1 Å². The summed E-state index contributed by atoms with van der Waals surface area (Å²) in [4.78, 5) is 24.8. The van der Waals surface area contributed by atoms with Crippen LogP contribution in [0.5, 0.6) is 11.5 Å². The second-order valence-corrected chi connectivity index (χ2v) is 7.25. The summed E-state index contributed by atoms with van der Waals surface area (Å²) in [6.45, 7) is -0.0988. The van der Waals surface area contributed by atoms with Crippen LogP contribution in [0, 0.1) is 5.82 Å². The van der Waals surface area contributed by atoms with E-state index in [4.69, 9.17) is 21.1 Å². The van der Waals surface area contributed by atoms with Gasteiger partial charge in [0.05, 0.1) is 21.8 Å². The molecule has 3 aromatic rings. The Kier molecular flexibility index (Phi) is 5.86. The largest absolute Gasteiger partial charge is 0.454 e. The van der Waals surface area contributed by atoms with E-state index < -0.39 is 35.1 Å². The molecule has 1 aliphatic heterocycles. The van der Waals surface area contributed by atoms with Crippen molar-refractivity contribution < 1.29 is 36.6 Å². The molecule has 0 unspecified atom stereocenters. The van der Waals surface area contributed by atoms with Crippen LogP contribution in [0.25, 0.3) is 0 Å². The van der Waals surface area contributed by atoms with Crippen LogP contribution >= 0.6 is 11.6 Å². The maximum atomic E-state index is 13.8. The topological polar surface area (TPSA) is 76.7 Å². The lowest BCUT2D eigenvalue weighted by atomic mass is 10.1. The molecule has 0 aliphatic carbocycles. The van der Waals surface area contributed by atoms with Crippen LogP contribution in [0.15, 0.2) is 54.6 Å². The van der Waals surface area contributed by atoms with Crippen LogP contribution < -0.4 is 20.1 Å². The van der Waals surface area contributed by atoms with E-state index >= 15 is 0 Å². The van der Waals surface area contributed by atoms with Gasteiger partial charge < -0.3 is 20.1 Å². The number of anilines is 2. The van der Waals surface area contributed by atoms with Crippen LogP contribution in [-0.4, -0.2) is 18.6 Å². The fourth-order valence-electron chi connectivity index (χ4n) is 3.10. The fraction of sp³-hybridized carbons (Fsp3) is 0.0909. The molecule has 2 amide bonds. The predicted octanol–water partition coefficient (Wildman–Crippen LogP) is 5.73. The summed E-state index contributed by atoms with van der Waals surface area (Å²) < 4.78 is 65.1. The molecule has 33 heavy (non-hydrogen) atoms. The average Bonchev–Trinajstić information content (AvgIpc) is 3.23. The van der Waals surface area contributed by atoms with Crippen molar-refractivity contribution in [2.24, 2.45) is 0 Å². The van der Waals surface area contributed by atoms with Crippen molar-refractivity contribution in [3.8, 4) is 11.5 Å². The zero-order chi connectivity index (χ0) is 23.8. The number of benzene rings is 3. The molecular weight excluding hydrogens is 468 g/mol. The van der Waals surface area contributed by atoms with Gasteiger partial charge in [-0.1, -0.05) is 23.7 Å². The van der Waals surface area contributed by atoms with E-state index in [9.17, 15) is 27.2 Å². The lowest BCUT2D eigenvalue weighted by Crippen LogP contribution is -2.18. The number of amides is 2. The molecule has 0 atom stereocenters. The second kappa shape index (κ2) is 8.62. The Labute approximate surface area is 189 Å². The van der Waals surface area contributed by atoms with Gasteiger partial charge in [-0.15, -0.1) is 0 Å². The Morgan fingerprint density at radius 3 is 2.42 bits per heavy atom. The fourth-order valence-corrected chi connectivity index (χ4v) is 3.37. The van der Waals surface area contributed by atoms with Crippen LogP contribution in [0.4, 0.5) is 28.9 Å². The summed E-state index contributed by atoms with van der Waals surface area (Å²) in [6.07, 6.45) is -4.87. The summed E-state index contributed by atoms with van der Waals surface area (Å²) in [5, 5.41) is 4.47. The summed E-state index contributed by atoms with van der Waals surface area (Å²) >= 11 is 6.02. The van der Waals surface area contributed by atoms with Crippen molar-refractivity contribution in [3.63, 3.8) is 0 Å². The first-order valence-corrected chi connectivity index (χ1v) is 9.69. The van der Waals surface area contributed by atoms with Crippen LogP contribution in [0.3, 0.4) is 0 Å². The lowest BCUT2D eigenvalue weighted by molar-refractivity contribution is -0.136. The Morgan fingerprint density at radius 1 is 0.939 bits per heavy atom. The highest BCUT2D eigenvalue weighted by atomic mass is 35.5. The third kappa shape index (κ3) is 4.70. The third-order valence-corrected chi connectivity index (χ3v) is 4.92. The molecule has 170 valence electrons. The summed E-state index contributed by atoms with van der Waals surface area (Å²) in [5.41, 5.74) is -2.38. The molecule has 0 bridgehead atoms. The Bertz CT molecular complexity index is 1260. The summed E-state index contributed by atoms with van der Waals surface area (Å²) in [7, 11) is 0. The van der Waals surface area contributed by atoms with Crippen molar-refractivity contribution in [1.29, 1.82) is 0 Å². The third-order valence-electron chi connectivity index (χ3n) is 4.64. The SMILES string of the molecule is O=C(Nc1ccc(NC(=O)c2ccccc2F)cc1C(F)(F)F)c1cc(Cl)c2c(c1)OCO2. The Morgan fingerprint density at radius 2 is 1.70 bits per heavy atom. The number of ether oxygens (including phenoxy) is 2. The van der Waals surface area contributed by atoms with Gasteiger partial charge in [0.2, 0.25) is 6.79 Å². The maximum absolute atomic E-state index is 13.8. The van der Waals surface area contributed by atoms with Gasteiger partial charge in [-0.25, -0.2) is 4.39 Å². The number of hydrogen-bond acceptors (Lipinski definition) is 4. The maximum Gasteiger partial charge on any atom is 0.418 e. The van der Waals surface area contributed by atoms with Crippen molar-refractivity contribution in [2.75, 3.05) is 17.4 Å². The molecule has 6 nitrogen and oxygen atoms in total. The number of nitrogens with one attached hydrogen (secondary N) is 2. The molecular formula is C22H13ClF4N2O4. The molecule has 0 spiro atoms. The van der Waals surface area contributed by atoms with Crippen LogP contribution in [-0.2, 0) is 6.18 Å². The zero-order valence-corrected chi connectivity index (χ0v) is 17.2. The van der Waals surface area contributed by atoms with E-state index in [1.165, 1.54) is 30.3 Å². The van der Waals surface area contributed by atoms with Crippen LogP contribution in [0.2, 0.25) is 5.02 Å². The molecule has 0 saturated heterocycles. The van der Waals surface area contributed by atoms with Gasteiger partial charge in [0, 0.05) is 11.3 Å². The highest BCUT2D eigenvalue weighted by molar-refractivity contribution is 6.33. The first-order chi connectivity index (χ1) is 15.6. The van der Waals surface area contributed by atoms with Gasteiger partial charge in [-0.3, -0.25) is 9.59 Å². The molecule has 1 aliphatic rings. The minimum atomic E-state index is -4.87. The quantitative estimate of drug-likeness (QED) is 0.467. The highest BCUT2D eigenvalue weighted by Gasteiger charge is 2.35. The summed E-state index contributed by atoms with van der Waals surface area (Å²) in [5.74, 6) is -2.19. The van der Waals surface area contributed by atoms with Crippen molar-refractivity contribution in [2.45, 2.75) is 6.18 Å². The van der Waals surface area contributed by atoms with Gasteiger partial charge in [-0.05, 0) is 42.5 Å². The normalized spacial score (nSPS) is 12.4. The highest BCUT2D eigenvalue weighted by Crippen LogP contribution is 2.41. The van der Waals surface area contributed by atoms with Gasteiger partial charge in [0.1, 0.15) is 5.82 Å². The molecule has 3 aromatic carbocycles. The van der Waals surface area contributed by atoms with E-state index in [1.54, 1.807) is 0 Å². The van der Waals surface area contributed by atoms with E-state index in [2.05, 4.69) is 10.6 Å². The van der Waals surface area contributed by atoms with Crippen molar-refractivity contribution in [3.05, 3.63) is 82.1 Å². The first-order valence-electron chi connectivity index (χ1n) is 9.31. The molecule has 11 heteroatoms. The van der Waals surface area contributed by atoms with E-state index in [1.807, 2.05) is 0 Å². The molecule has 4 rings (SSSR count). The van der Waals surface area contributed by atoms with Gasteiger partial charge >= 0.3 is 6.18 Å². The van der Waals surface area contributed by atoms with Gasteiger partial charge in [0.15, 0.2) is 11.5 Å². The minimum absolute atomic E-state index is 0.0469. The lowest BCUT2D eigenvalue weighted by Gasteiger charge is -2.16. The average molecular weight is 481 g/mol. The van der Waals surface area contributed by atoms with E-state index in [0.717, 1.165) is 18.2 Å². The molecule has 0 radical (unpaired) electrons. The predicted molar refractivity (Wildman–Crippen MR) is 111 cm³/mol. The molecule has 0 aromatic heterocycles. The molecule has 0 saturated carbocycles. The standard InChI is InChI=1S/C22H13ClF4N2O4/c23-15-7-11(8-18-19(15)33-10-32-18)20(30)29-17-6-5-12(9-14(17)22(25,26)27)28-21(31)13-3-1-2-4-16(13)24/h1-9H,10H2,(H,28,31)(H,29,30). The van der Waals surface area contributed by atoms with Gasteiger partial charge in [-0.2, -0.15) is 13.2 Å². The van der Waals surface area contributed by atoms with Crippen molar-refractivity contribution >= 4 is 34.8 Å². The Balaban J connectivity index is 1.60. The zero-order valence-electron chi connectivity index (χ0n) is 16.4. The second-order valence-electron chi connectivity index (χ2n) is 6.84. The molecule has 2 N–H and O–H groups in total. The number of hydrogen-bond donors (Lipinski definition) is 2. The van der Waals surface area contributed by atoms with Crippen LogP contribution in [0.1, 0.15) is 26.3 Å². The monoisotopic (exact) mass is 480 g/mol. The number of carbonyl (C=O) groups excluding carboxylic acids is 2. The number of halogens is 5. The number of alkyl halides is 3. The number of fused-ring (bicyclic) bond motifs is 1. The number of carbonyl (C=O) groups is 2.